The number of rotatable bonds is 5. The molecule has 0 aromatic rings. The van der Waals surface area contributed by atoms with E-state index in [1.807, 2.05) is 0 Å². The summed E-state index contributed by atoms with van der Waals surface area (Å²) in [6.45, 7) is 13.5. The number of hydroxylamine groups is 2. The highest BCUT2D eigenvalue weighted by Crippen LogP contribution is 2.36. The van der Waals surface area contributed by atoms with Crippen molar-refractivity contribution in [1.82, 2.24) is 0 Å². The van der Waals surface area contributed by atoms with E-state index in [9.17, 15) is 10.0 Å². The second kappa shape index (κ2) is 5.91. The van der Waals surface area contributed by atoms with Crippen molar-refractivity contribution >= 4 is 14.3 Å². The maximum atomic E-state index is 11.4. The molecule has 0 amide bonds. The second-order valence-corrected chi connectivity index (χ2v) is 11.7. The Labute approximate surface area is 117 Å². The van der Waals surface area contributed by atoms with Crippen molar-refractivity contribution in [1.29, 1.82) is 0 Å². The third-order valence-corrected chi connectivity index (χ3v) is 8.80. The van der Waals surface area contributed by atoms with Gasteiger partial charge in [0.2, 0.25) is 6.23 Å². The standard InChI is InChI=1S/C13H27NO4Si/c1-10(15)18-12-11(9-14(12)16)7-8-17-19(5,6)13(2,3)4/h11-12,14H,7-9H2,1-6H3/t11-,12+/m0/s1. The van der Waals surface area contributed by atoms with Crippen LogP contribution in [-0.2, 0) is 14.0 Å². The highest BCUT2D eigenvalue weighted by Gasteiger charge is 2.43. The van der Waals surface area contributed by atoms with E-state index in [-0.39, 0.29) is 22.0 Å². The molecule has 19 heavy (non-hydrogen) atoms. The minimum absolute atomic E-state index is 0.0347. The molecule has 5 nitrogen and oxygen atoms in total. The van der Waals surface area contributed by atoms with Gasteiger partial charge in [-0.05, 0) is 24.6 Å². The van der Waals surface area contributed by atoms with Crippen LogP contribution in [-0.4, -0.2) is 33.7 Å². The average Bonchev–Trinajstić information content (AvgIpc) is 2.23. The Morgan fingerprint density at radius 2 is 2.00 bits per heavy atom. The van der Waals surface area contributed by atoms with Crippen LogP contribution >= 0.6 is 0 Å². The molecule has 1 N–H and O–H groups in total. The minimum Gasteiger partial charge on any atom is -0.632 e. The van der Waals surface area contributed by atoms with Gasteiger partial charge >= 0.3 is 5.97 Å². The first-order chi connectivity index (χ1) is 8.54. The minimum atomic E-state index is -1.72. The Morgan fingerprint density at radius 1 is 1.42 bits per heavy atom. The number of esters is 1. The summed E-state index contributed by atoms with van der Waals surface area (Å²) in [6, 6.07) is 0. The van der Waals surface area contributed by atoms with E-state index in [1.54, 1.807) is 0 Å². The fraction of sp³-hybridized carbons (Fsp3) is 0.923. The second-order valence-electron chi connectivity index (χ2n) is 6.86. The Bertz CT molecular complexity index is 327. The number of ether oxygens (including phenoxy) is 1. The molecule has 1 rings (SSSR count). The number of carbonyl (C=O) groups excluding carboxylic acids is 1. The van der Waals surface area contributed by atoms with Gasteiger partial charge in [-0.25, -0.2) is 0 Å². The third kappa shape index (κ3) is 4.27. The maximum Gasteiger partial charge on any atom is 0.307 e. The van der Waals surface area contributed by atoms with Crippen molar-refractivity contribution in [2.75, 3.05) is 13.2 Å². The zero-order chi connectivity index (χ0) is 14.8. The van der Waals surface area contributed by atoms with Crippen LogP contribution in [0.5, 0.6) is 0 Å². The molecule has 1 saturated heterocycles. The number of hydrogen-bond donors (Lipinski definition) is 1. The van der Waals surface area contributed by atoms with Gasteiger partial charge in [-0.1, -0.05) is 20.8 Å². The van der Waals surface area contributed by atoms with E-state index in [2.05, 4.69) is 33.9 Å². The molecular weight excluding hydrogens is 262 g/mol. The van der Waals surface area contributed by atoms with Crippen molar-refractivity contribution in [3.8, 4) is 0 Å². The number of quaternary nitrogens is 1. The quantitative estimate of drug-likeness (QED) is 0.471. The Balaban J connectivity index is 2.36. The molecule has 3 atom stereocenters. The summed E-state index contributed by atoms with van der Waals surface area (Å²) < 4.78 is 11.1. The first kappa shape index (κ1) is 16.6. The lowest BCUT2D eigenvalue weighted by atomic mass is 9.96. The zero-order valence-electron chi connectivity index (χ0n) is 12.9. The van der Waals surface area contributed by atoms with Crippen molar-refractivity contribution in [2.45, 2.75) is 58.5 Å². The molecule has 0 radical (unpaired) electrons. The summed E-state index contributed by atoms with van der Waals surface area (Å²) in [5, 5.41) is 11.6. The molecule has 0 aromatic heterocycles. The Morgan fingerprint density at radius 3 is 2.42 bits per heavy atom. The molecule has 0 aromatic carbocycles. The molecule has 1 unspecified atom stereocenters. The smallest absolute Gasteiger partial charge is 0.307 e. The largest absolute Gasteiger partial charge is 0.632 e. The maximum absolute atomic E-state index is 11.4. The van der Waals surface area contributed by atoms with Crippen LogP contribution in [0.4, 0.5) is 0 Å². The van der Waals surface area contributed by atoms with Gasteiger partial charge < -0.3 is 19.4 Å². The van der Waals surface area contributed by atoms with E-state index >= 15 is 0 Å². The summed E-state index contributed by atoms with van der Waals surface area (Å²) >= 11 is 0. The molecule has 1 heterocycles. The first-order valence-electron chi connectivity index (χ1n) is 6.88. The first-order valence-corrected chi connectivity index (χ1v) is 9.79. The lowest BCUT2D eigenvalue weighted by Gasteiger charge is -2.45. The predicted molar refractivity (Wildman–Crippen MR) is 76.0 cm³/mol. The molecule has 112 valence electrons. The number of carbonyl (C=O) groups is 1. The Hall–Kier alpha value is -0.433. The monoisotopic (exact) mass is 289 g/mol. The van der Waals surface area contributed by atoms with E-state index < -0.39 is 14.5 Å². The fourth-order valence-corrected chi connectivity index (χ4v) is 2.92. The normalized spacial score (nSPS) is 27.8. The van der Waals surface area contributed by atoms with E-state index in [1.165, 1.54) is 6.92 Å². The SMILES string of the molecule is CC(=O)O[C@@H]1[C@@H](CCO[Si](C)(C)C(C)(C)C)C[NH+]1[O-]. The molecule has 1 aliphatic heterocycles. The van der Waals surface area contributed by atoms with Gasteiger partial charge in [0.1, 0.15) is 5.92 Å². The van der Waals surface area contributed by atoms with Crippen molar-refractivity contribution in [3.63, 3.8) is 0 Å². The summed E-state index contributed by atoms with van der Waals surface area (Å²) in [5.41, 5.74) is 0. The van der Waals surface area contributed by atoms with E-state index in [0.717, 1.165) is 6.42 Å². The zero-order valence-corrected chi connectivity index (χ0v) is 13.9. The molecule has 0 aliphatic carbocycles. The van der Waals surface area contributed by atoms with Crippen LogP contribution in [0.15, 0.2) is 0 Å². The Kier molecular flexibility index (Phi) is 5.17. The molecule has 0 saturated carbocycles. The van der Waals surface area contributed by atoms with Crippen LogP contribution < -0.4 is 5.06 Å². The van der Waals surface area contributed by atoms with Gasteiger partial charge in [0, 0.05) is 13.5 Å². The summed E-state index contributed by atoms with van der Waals surface area (Å²) in [7, 11) is -1.72. The third-order valence-electron chi connectivity index (χ3n) is 4.26. The molecule has 1 aliphatic rings. The molecule has 0 spiro atoms. The van der Waals surface area contributed by atoms with Crippen molar-refractivity contribution < 1.29 is 19.0 Å². The van der Waals surface area contributed by atoms with E-state index in [4.69, 9.17) is 9.16 Å². The fourth-order valence-electron chi connectivity index (χ4n) is 1.86. The lowest BCUT2D eigenvalue weighted by Crippen LogP contribution is -3.21. The number of nitrogens with one attached hydrogen (secondary N) is 1. The van der Waals surface area contributed by atoms with Crippen molar-refractivity contribution in [2.24, 2.45) is 5.92 Å². The average molecular weight is 289 g/mol. The van der Waals surface area contributed by atoms with Gasteiger partial charge in [0.15, 0.2) is 8.32 Å². The summed E-state index contributed by atoms with van der Waals surface area (Å²) in [6.07, 6.45) is 0.261. The number of hydrogen-bond acceptors (Lipinski definition) is 4. The summed E-state index contributed by atoms with van der Waals surface area (Å²) in [5.74, 6) is -0.241. The van der Waals surface area contributed by atoms with Crippen molar-refractivity contribution in [3.05, 3.63) is 5.21 Å². The predicted octanol–water partition coefficient (Wildman–Crippen LogP) is 1.30. The van der Waals surface area contributed by atoms with Crippen LogP contribution in [0.1, 0.15) is 34.1 Å². The molecule has 1 fully saturated rings. The molecule has 0 bridgehead atoms. The van der Waals surface area contributed by atoms with Gasteiger partial charge in [-0.3, -0.25) is 4.79 Å². The van der Waals surface area contributed by atoms with E-state index in [0.29, 0.717) is 13.2 Å². The van der Waals surface area contributed by atoms with Gasteiger partial charge in [-0.2, -0.15) is 0 Å². The lowest BCUT2D eigenvalue weighted by molar-refractivity contribution is -0.956. The summed E-state index contributed by atoms with van der Waals surface area (Å²) in [4.78, 5) is 10.9. The van der Waals surface area contributed by atoms with Crippen LogP contribution in [0, 0.1) is 11.1 Å². The van der Waals surface area contributed by atoms with Gasteiger partial charge in [0.25, 0.3) is 0 Å². The highest BCUT2D eigenvalue weighted by atomic mass is 28.4. The topological polar surface area (TPSA) is 63.0 Å². The highest BCUT2D eigenvalue weighted by molar-refractivity contribution is 6.74. The van der Waals surface area contributed by atoms with Crippen LogP contribution in [0.25, 0.3) is 0 Å². The van der Waals surface area contributed by atoms with Crippen LogP contribution in [0.2, 0.25) is 18.1 Å². The van der Waals surface area contributed by atoms with Gasteiger partial charge in [-0.15, -0.1) is 0 Å². The van der Waals surface area contributed by atoms with Crippen LogP contribution in [0.3, 0.4) is 0 Å². The molecule has 6 heteroatoms. The van der Waals surface area contributed by atoms with Gasteiger partial charge in [0.05, 0.1) is 6.54 Å². The molecular formula is C13H27NO4Si.